The second kappa shape index (κ2) is 15.0. The van der Waals surface area contributed by atoms with Crippen molar-refractivity contribution in [2.75, 3.05) is 19.6 Å². The molecule has 3 heterocycles. The molecule has 1 aromatic heterocycles. The highest BCUT2D eigenvalue weighted by Crippen LogP contribution is 2.35. The van der Waals surface area contributed by atoms with Crippen molar-refractivity contribution in [3.63, 3.8) is 0 Å². The van der Waals surface area contributed by atoms with Crippen molar-refractivity contribution in [1.82, 2.24) is 25.2 Å². The number of hydrogen-bond donors (Lipinski definition) is 4. The molecule has 1 fully saturated rings. The lowest BCUT2D eigenvalue weighted by molar-refractivity contribution is -0.149. The van der Waals surface area contributed by atoms with Crippen molar-refractivity contribution in [3.8, 4) is 0 Å². The number of unbranched alkanes of at least 4 members (excludes halogenated alkanes) is 4. The maximum atomic E-state index is 13.3. The number of aliphatic carboxylic acids is 1. The molecule has 2 aliphatic rings. The average molecular weight is 656 g/mol. The van der Waals surface area contributed by atoms with Crippen molar-refractivity contribution < 1.29 is 32.7 Å². The predicted molar refractivity (Wildman–Crippen MR) is 169 cm³/mol. The van der Waals surface area contributed by atoms with Crippen LogP contribution < -0.4 is 16.0 Å². The number of hydrogen-bond acceptors (Lipinski definition) is 7. The predicted octanol–water partition coefficient (Wildman–Crippen LogP) is 3.67. The molecule has 1 saturated heterocycles. The van der Waals surface area contributed by atoms with Crippen LogP contribution >= 0.6 is 11.3 Å². The quantitative estimate of drug-likeness (QED) is 0.209. The zero-order valence-corrected chi connectivity index (χ0v) is 28.2. The summed E-state index contributed by atoms with van der Waals surface area (Å²) in [5, 5.41) is 20.0. The molecule has 1 aromatic rings. The Morgan fingerprint density at radius 2 is 1.82 bits per heavy atom. The molecule has 0 radical (unpaired) electrons. The first-order valence-corrected chi connectivity index (χ1v) is 17.9. The Bertz CT molecular complexity index is 1290. The highest BCUT2D eigenvalue weighted by Gasteiger charge is 2.43. The van der Waals surface area contributed by atoms with Crippen LogP contribution in [-0.4, -0.2) is 83.8 Å². The third-order valence-electron chi connectivity index (χ3n) is 8.74. The number of carboxylic acid groups (broad SMARTS) is 1. The van der Waals surface area contributed by atoms with Gasteiger partial charge in [-0.05, 0) is 42.5 Å². The summed E-state index contributed by atoms with van der Waals surface area (Å²) in [6, 6.07) is -0.394. The molecule has 3 atom stereocenters. The maximum absolute atomic E-state index is 13.3. The van der Waals surface area contributed by atoms with Gasteiger partial charge in [0.25, 0.3) is 0 Å². The summed E-state index contributed by atoms with van der Waals surface area (Å²) in [5.41, 5.74) is -1.88. The van der Waals surface area contributed by atoms with Crippen LogP contribution in [0, 0.1) is 5.41 Å². The number of rotatable bonds is 15. The average Bonchev–Trinajstić information content (AvgIpc) is 3.68. The number of fused-ring (bicyclic) bond motifs is 1. The van der Waals surface area contributed by atoms with Gasteiger partial charge < -0.3 is 26.0 Å². The van der Waals surface area contributed by atoms with Crippen LogP contribution in [0.25, 0.3) is 0 Å². The minimum Gasteiger partial charge on any atom is -0.480 e. The Kier molecular flexibility index (Phi) is 12.2. The number of thiophene rings is 1. The zero-order valence-electron chi connectivity index (χ0n) is 26.6. The van der Waals surface area contributed by atoms with Crippen molar-refractivity contribution >= 4 is 45.2 Å². The van der Waals surface area contributed by atoms with Crippen LogP contribution in [-0.2, 0) is 31.0 Å². The molecule has 4 amide bonds. The number of sulfonamides is 1. The number of nitrogens with one attached hydrogen (secondary N) is 3. The summed E-state index contributed by atoms with van der Waals surface area (Å²) in [6.07, 6.45) is 6.28. The molecule has 4 N–H and O–H groups in total. The molecule has 2 aliphatic heterocycles. The molecule has 0 spiro atoms. The van der Waals surface area contributed by atoms with Crippen LogP contribution in [0.5, 0.6) is 0 Å². The molecule has 44 heavy (non-hydrogen) atoms. The molecule has 3 rings (SSSR count). The van der Waals surface area contributed by atoms with Gasteiger partial charge in [0.2, 0.25) is 21.8 Å². The molecular weight excluding hydrogens is 606 g/mol. The Balaban J connectivity index is 1.57. The summed E-state index contributed by atoms with van der Waals surface area (Å²) in [6.45, 7) is 9.83. The molecule has 14 heteroatoms. The van der Waals surface area contributed by atoms with E-state index in [0.717, 1.165) is 30.6 Å². The van der Waals surface area contributed by atoms with E-state index in [9.17, 15) is 32.7 Å². The van der Waals surface area contributed by atoms with E-state index in [4.69, 9.17) is 0 Å². The van der Waals surface area contributed by atoms with E-state index in [1.54, 1.807) is 18.4 Å². The zero-order chi connectivity index (χ0) is 32.7. The van der Waals surface area contributed by atoms with Gasteiger partial charge in [-0.2, -0.15) is 4.31 Å². The molecule has 0 aromatic carbocycles. The number of carbonyl (C=O) groups excluding carboxylic acids is 3. The standard InChI is InChI=1S/C30H49N5O7S2/c1-6-8-9-10-11-15-30(7-2,27(38)39)33-26(37)21-13-12-16-35(21)25(36)18-31-28(40)32-24(29(3,4)5)20-34-19-22-23(14-17-43-22)44(34,41)42/h14,17,21,24H,6-13,15-16,18-20H2,1-5H3,(H,33,37)(H,38,39)(H2,31,32,40)/t21-,24?,30+/m0/s1. The summed E-state index contributed by atoms with van der Waals surface area (Å²) in [7, 11) is -3.64. The van der Waals surface area contributed by atoms with Gasteiger partial charge in [0.05, 0.1) is 11.4 Å². The third kappa shape index (κ3) is 8.51. The van der Waals surface area contributed by atoms with Crippen LogP contribution in [0.4, 0.5) is 4.79 Å². The number of amides is 4. The number of urea groups is 1. The minimum atomic E-state index is -3.64. The Morgan fingerprint density at radius 1 is 1.11 bits per heavy atom. The largest absolute Gasteiger partial charge is 0.480 e. The fourth-order valence-corrected chi connectivity index (χ4v) is 8.68. The van der Waals surface area contributed by atoms with Crippen LogP contribution in [0.3, 0.4) is 0 Å². The van der Waals surface area contributed by atoms with Gasteiger partial charge in [-0.3, -0.25) is 9.59 Å². The SMILES string of the molecule is CCCCCCC[C@@](CC)(NC(=O)[C@@H]1CCCN1C(=O)CNC(=O)NC(CN1Cc2sccc2S1(=O)=O)C(C)(C)C)C(=O)O. The van der Waals surface area contributed by atoms with Crippen LogP contribution in [0.15, 0.2) is 16.3 Å². The van der Waals surface area contributed by atoms with E-state index in [-0.39, 0.29) is 26.1 Å². The van der Waals surface area contributed by atoms with Gasteiger partial charge in [-0.15, -0.1) is 11.3 Å². The summed E-state index contributed by atoms with van der Waals surface area (Å²) < 4.78 is 27.3. The van der Waals surface area contributed by atoms with E-state index >= 15 is 0 Å². The van der Waals surface area contributed by atoms with Crippen LogP contribution in [0.2, 0.25) is 0 Å². The first-order valence-electron chi connectivity index (χ1n) is 15.6. The Hall–Kier alpha value is -2.71. The lowest BCUT2D eigenvalue weighted by Crippen LogP contribution is -2.59. The molecule has 0 aliphatic carbocycles. The van der Waals surface area contributed by atoms with E-state index in [0.29, 0.717) is 37.1 Å². The van der Waals surface area contributed by atoms with Crippen molar-refractivity contribution in [3.05, 3.63) is 16.3 Å². The number of carboxylic acids is 1. The Labute approximate surface area is 265 Å². The topological polar surface area (TPSA) is 165 Å². The summed E-state index contributed by atoms with van der Waals surface area (Å²) in [4.78, 5) is 54.1. The highest BCUT2D eigenvalue weighted by molar-refractivity contribution is 7.89. The second-order valence-corrected chi connectivity index (χ2v) is 15.8. The van der Waals surface area contributed by atoms with E-state index in [1.807, 2.05) is 20.8 Å². The smallest absolute Gasteiger partial charge is 0.329 e. The van der Waals surface area contributed by atoms with Gasteiger partial charge in [-0.25, -0.2) is 18.0 Å². The van der Waals surface area contributed by atoms with Gasteiger partial charge in [0.15, 0.2) is 0 Å². The number of likely N-dealkylation sites (tertiary alicyclic amines) is 1. The molecule has 12 nitrogen and oxygen atoms in total. The first kappa shape index (κ1) is 35.8. The fraction of sp³-hybridized carbons (Fsp3) is 0.733. The highest BCUT2D eigenvalue weighted by atomic mass is 32.2. The van der Waals surface area contributed by atoms with E-state index in [2.05, 4.69) is 22.9 Å². The van der Waals surface area contributed by atoms with Crippen molar-refractivity contribution in [2.24, 2.45) is 5.41 Å². The monoisotopic (exact) mass is 655 g/mol. The van der Waals surface area contributed by atoms with Crippen molar-refractivity contribution in [2.45, 2.75) is 121 Å². The molecule has 1 unspecified atom stereocenters. The van der Waals surface area contributed by atoms with Gasteiger partial charge in [-0.1, -0.05) is 66.7 Å². The van der Waals surface area contributed by atoms with Crippen molar-refractivity contribution in [1.29, 1.82) is 0 Å². The maximum Gasteiger partial charge on any atom is 0.329 e. The lowest BCUT2D eigenvalue weighted by Gasteiger charge is -2.34. The normalized spacial score (nSPS) is 20.0. The molecule has 248 valence electrons. The molecule has 0 saturated carbocycles. The third-order valence-corrected chi connectivity index (χ3v) is 11.7. The molecular formula is C30H49N5O7S2. The van der Waals surface area contributed by atoms with Gasteiger partial charge in [0.1, 0.15) is 11.6 Å². The van der Waals surface area contributed by atoms with Gasteiger partial charge in [0, 0.05) is 30.6 Å². The molecule has 0 bridgehead atoms. The van der Waals surface area contributed by atoms with Crippen LogP contribution in [0.1, 0.15) is 97.3 Å². The number of nitrogens with zero attached hydrogens (tertiary/aromatic N) is 2. The second-order valence-electron chi connectivity index (χ2n) is 12.9. The fourth-order valence-electron chi connectivity index (χ4n) is 5.75. The van der Waals surface area contributed by atoms with E-state index < -0.39 is 56.9 Å². The Morgan fingerprint density at radius 3 is 2.43 bits per heavy atom. The first-order chi connectivity index (χ1) is 20.7. The number of carbonyl (C=O) groups is 4. The van der Waals surface area contributed by atoms with E-state index in [1.165, 1.54) is 20.5 Å². The lowest BCUT2D eigenvalue weighted by atomic mass is 9.86. The summed E-state index contributed by atoms with van der Waals surface area (Å²) >= 11 is 1.38. The van der Waals surface area contributed by atoms with Gasteiger partial charge >= 0.3 is 12.0 Å². The summed E-state index contributed by atoms with van der Waals surface area (Å²) in [5.74, 6) is -2.02. The minimum absolute atomic E-state index is 0.0737.